The first-order valence-electron chi connectivity index (χ1n) is 34.7. The third kappa shape index (κ3) is 14.0. The number of ketones is 1. The monoisotopic (exact) mass is 1440 g/mol. The van der Waals surface area contributed by atoms with Crippen LogP contribution >= 0.6 is 0 Å². The van der Waals surface area contributed by atoms with Gasteiger partial charge in [0.05, 0.1) is 47.4 Å². The quantitative estimate of drug-likeness (QED) is 0.0324. The highest BCUT2D eigenvalue weighted by Crippen LogP contribution is 2.64. The lowest BCUT2D eigenvalue weighted by molar-refractivity contribution is -0.346. The number of piperazine rings is 2. The Kier molecular flexibility index (Phi) is 20.4. The average molecular weight is 1440 g/mol. The Morgan fingerprint density at radius 2 is 1.46 bits per heavy atom. The Morgan fingerprint density at radius 1 is 0.827 bits per heavy atom. The Balaban J connectivity index is 0.753. The van der Waals surface area contributed by atoms with Crippen molar-refractivity contribution in [1.82, 2.24) is 44.8 Å². The number of esters is 4. The van der Waals surface area contributed by atoms with E-state index in [0.29, 0.717) is 62.3 Å². The molecule has 11 atom stereocenters. The van der Waals surface area contributed by atoms with Gasteiger partial charge in [0.1, 0.15) is 65.3 Å². The third-order valence-electron chi connectivity index (χ3n) is 21.4. The van der Waals surface area contributed by atoms with Gasteiger partial charge in [-0.25, -0.2) is 43.2 Å². The van der Waals surface area contributed by atoms with Crippen molar-refractivity contribution in [3.05, 3.63) is 147 Å². The molecule has 0 spiro atoms. The minimum Gasteiger partial charge on any atom is -0.508 e. The zero-order valence-electron chi connectivity index (χ0n) is 59.6. The minimum atomic E-state index is -2.49. The Labute approximate surface area is 598 Å². The summed E-state index contributed by atoms with van der Waals surface area (Å²) in [7, 11) is 0. The largest absolute Gasteiger partial charge is 0.508 e. The van der Waals surface area contributed by atoms with Crippen molar-refractivity contribution in [1.29, 1.82) is 0 Å². The predicted molar refractivity (Wildman–Crippen MR) is 370 cm³/mol. The van der Waals surface area contributed by atoms with E-state index in [9.17, 15) is 49.5 Å². The van der Waals surface area contributed by atoms with E-state index in [-0.39, 0.29) is 96.0 Å². The van der Waals surface area contributed by atoms with Gasteiger partial charge in [-0.15, -0.1) is 0 Å². The second-order valence-electron chi connectivity index (χ2n) is 29.7. The lowest BCUT2D eigenvalue weighted by Crippen LogP contribution is -2.81. The number of hydrogen-bond acceptors (Lipinski definition) is 26. The smallest absolute Gasteiger partial charge is 0.408 e. The van der Waals surface area contributed by atoms with Crippen molar-refractivity contribution in [3.63, 3.8) is 0 Å². The summed E-state index contributed by atoms with van der Waals surface area (Å²) in [5.41, 5.74) is -8.31. The van der Waals surface area contributed by atoms with Gasteiger partial charge in [0, 0.05) is 95.7 Å². The zero-order valence-corrected chi connectivity index (χ0v) is 59.6. The number of alkyl carbamates (subject to hydrolysis) is 1. The number of hydrogen-bond donors (Lipinski definition) is 7. The number of aliphatic hydroxyl groups excluding tert-OH is 2. The van der Waals surface area contributed by atoms with Crippen molar-refractivity contribution >= 4 is 47.7 Å². The van der Waals surface area contributed by atoms with E-state index in [1.807, 2.05) is 23.6 Å². The number of H-pyrrole nitrogens is 1. The number of aliphatic hydroxyl groups is 3. The van der Waals surface area contributed by atoms with Gasteiger partial charge in [-0.05, 0) is 93.1 Å². The number of rotatable bonds is 18. The van der Waals surface area contributed by atoms with Gasteiger partial charge in [-0.2, -0.15) is 10.1 Å². The van der Waals surface area contributed by atoms with E-state index in [0.717, 1.165) is 11.5 Å². The molecule has 2 saturated carbocycles. The van der Waals surface area contributed by atoms with E-state index in [1.165, 1.54) is 58.3 Å². The molecular weight excluding hydrogens is 1350 g/mol. The number of nitrogens with zero attached hydrogens (tertiary/aromatic N) is 9. The molecule has 554 valence electrons. The van der Waals surface area contributed by atoms with E-state index < -0.39 is 130 Å². The van der Waals surface area contributed by atoms with E-state index in [2.05, 4.69) is 30.4 Å². The first-order valence-corrected chi connectivity index (χ1v) is 34.7. The summed E-state index contributed by atoms with van der Waals surface area (Å²) in [5.74, 6) is -6.76. The summed E-state index contributed by atoms with van der Waals surface area (Å²) >= 11 is 0. The number of aromatic hydroxyl groups is 2. The number of Topliss-reactive ketones (excluding diaryl/α,β-unsaturated/α-hetero) is 1. The zero-order chi connectivity index (χ0) is 74.7. The fourth-order valence-electron chi connectivity index (χ4n) is 15.8. The van der Waals surface area contributed by atoms with Crippen LogP contribution in [0.15, 0.2) is 113 Å². The maximum absolute atomic E-state index is 16.0. The number of aromatic amines is 1. The molecule has 2 bridgehead atoms. The summed E-state index contributed by atoms with van der Waals surface area (Å²) in [6.07, 6.45) is -10.8. The number of phenolic OH excluding ortho intramolecular Hbond substituents is 2. The summed E-state index contributed by atoms with van der Waals surface area (Å²) in [5, 5.41) is 69.3. The van der Waals surface area contributed by atoms with E-state index >= 15 is 14.0 Å². The van der Waals surface area contributed by atoms with Gasteiger partial charge in [0.15, 0.2) is 17.2 Å². The number of halogens is 1. The summed E-state index contributed by atoms with van der Waals surface area (Å²) in [6.45, 7) is 18.5. The molecule has 7 N–H and O–H groups in total. The van der Waals surface area contributed by atoms with Crippen molar-refractivity contribution in [2.75, 3.05) is 75.3 Å². The summed E-state index contributed by atoms with van der Waals surface area (Å²) in [6, 6.07) is 21.6. The standard InChI is InChI=1S/C74H88FN11O18/c1-40(2)47-32-48(51(89)33-50(47)88)63-80-81-68(96)86(63)46-22-21-45(49(75)31-46)36-82-23-27-84(28-24-82)66-76-39-77-67(79-66)85-29-25-83(26-30-85)37-55(91)101-59(57(43-17-13-11-14-18-43)78-69(97)104-70(5,6)7)65(95)100-52-35-74(98)62(102-64(94)44-19-15-12-16-20-44)60-72(10,61(93)58(92)56(41(52)3)71(74,8)9)53(90)34-54-73(60,38-99-54)103-42(4)87/h11-22,31-33,39-40,52-54,57-60,62,88-90,92,98H,23-30,34-38H2,1-10H3,(H,78,97)(H,81,96)/t52-,53-,54+,57-,58+,59+,60-,62-,72+,73-,74+/m0/s1. The van der Waals surface area contributed by atoms with Crippen LogP contribution in [0.2, 0.25) is 0 Å². The van der Waals surface area contributed by atoms with Crippen molar-refractivity contribution in [3.8, 4) is 28.6 Å². The molecule has 0 unspecified atom stereocenters. The van der Waals surface area contributed by atoms with Gasteiger partial charge in [0.2, 0.25) is 18.0 Å². The van der Waals surface area contributed by atoms with Crippen LogP contribution in [0.4, 0.5) is 21.1 Å². The first-order chi connectivity index (χ1) is 49.2. The molecule has 0 radical (unpaired) electrons. The summed E-state index contributed by atoms with van der Waals surface area (Å²) < 4.78 is 54.1. The van der Waals surface area contributed by atoms with Gasteiger partial charge in [-0.3, -0.25) is 24.2 Å². The Morgan fingerprint density at radius 3 is 2.06 bits per heavy atom. The number of carbonyl (C=O) groups is 6. The molecule has 5 heterocycles. The van der Waals surface area contributed by atoms with Crippen LogP contribution < -0.4 is 20.8 Å². The van der Waals surface area contributed by atoms with Crippen molar-refractivity contribution < 1.29 is 87.1 Å². The number of ether oxygens (including phenoxy) is 6. The molecule has 30 heteroatoms. The highest BCUT2D eigenvalue weighted by molar-refractivity contribution is 5.94. The maximum atomic E-state index is 16.0. The maximum Gasteiger partial charge on any atom is 0.408 e. The number of fused-ring (bicyclic) bond motifs is 5. The van der Waals surface area contributed by atoms with Gasteiger partial charge in [0.25, 0.3) is 0 Å². The fraction of sp³-hybridized carbons (Fsp3) is 0.500. The first kappa shape index (κ1) is 74.0. The molecule has 29 nitrogen and oxygen atoms in total. The molecule has 5 fully saturated rings. The predicted octanol–water partition coefficient (Wildman–Crippen LogP) is 5.35. The van der Waals surface area contributed by atoms with Crippen LogP contribution in [0.25, 0.3) is 17.1 Å². The number of benzene rings is 4. The summed E-state index contributed by atoms with van der Waals surface area (Å²) in [4.78, 5) is 122. The lowest BCUT2D eigenvalue weighted by atomic mass is 9.44. The molecule has 12 rings (SSSR count). The van der Waals surface area contributed by atoms with Gasteiger partial charge < -0.3 is 69.1 Å². The highest BCUT2D eigenvalue weighted by Gasteiger charge is 2.78. The highest BCUT2D eigenvalue weighted by atomic mass is 19.1. The SMILES string of the molecule is CC(=O)O[C@@]12CO[C@@H]1C[C@H](O)[C@@]1(C)C(=O)[C@H](O)C3=C(C)[C@@H](OC(=O)[C@H](OC(=O)CN4CCN(c5ncnc(N6CCN(Cc7ccc(-n8c(-c9cc(C(C)C)c(O)cc9O)n[nH]c8=O)cc7F)CC6)n5)CC4)[C@@H](NC(=O)OC(C)(C)C)c4ccccc4)C[C@@](O)([C@@H](OC(=O)c4ccccc4)[C@H]21)C3(C)C. The molecule has 3 aliphatic heterocycles. The molecular formula is C74H88FN11O18. The molecule has 104 heavy (non-hydrogen) atoms. The van der Waals surface area contributed by atoms with Crippen molar-refractivity contribution in [2.24, 2.45) is 16.7 Å². The third-order valence-corrected chi connectivity index (χ3v) is 21.4. The molecule has 4 aromatic carbocycles. The second kappa shape index (κ2) is 28.7. The molecule has 6 aromatic rings. The number of nitrogens with one attached hydrogen (secondary N) is 2. The molecule has 3 aliphatic carbocycles. The van der Waals surface area contributed by atoms with E-state index in [1.54, 1.807) is 92.4 Å². The topological polar surface area (TPSA) is 373 Å². The Hall–Kier alpha value is -9.72. The molecule has 6 aliphatic rings. The lowest BCUT2D eigenvalue weighted by Gasteiger charge is -2.67. The van der Waals surface area contributed by atoms with Gasteiger partial charge in [-0.1, -0.05) is 82.3 Å². The number of phenols is 2. The number of carbonyl (C=O) groups excluding carboxylic acids is 6. The number of aromatic nitrogens is 6. The van der Waals surface area contributed by atoms with E-state index in [4.69, 9.17) is 33.4 Å². The average Bonchev–Trinajstić information content (AvgIpc) is 0.692. The molecule has 2 aromatic heterocycles. The van der Waals surface area contributed by atoms with Crippen LogP contribution in [0.1, 0.15) is 121 Å². The minimum absolute atomic E-state index is 0.0342. The number of amides is 1. The van der Waals surface area contributed by atoms with Crippen LogP contribution in [-0.2, 0) is 54.1 Å². The normalized spacial score (nSPS) is 26.2. The second-order valence-corrected chi connectivity index (χ2v) is 29.7. The van der Waals surface area contributed by atoms with Crippen LogP contribution in [-0.4, -0.2) is 220 Å². The number of anilines is 2. The van der Waals surface area contributed by atoms with Crippen molar-refractivity contribution in [2.45, 2.75) is 154 Å². The van der Waals surface area contributed by atoms with Crippen LogP contribution in [0, 0.1) is 22.6 Å². The van der Waals surface area contributed by atoms with Gasteiger partial charge >= 0.3 is 35.7 Å². The Bertz CT molecular complexity index is 4360. The van der Waals surface area contributed by atoms with Crippen LogP contribution in [0.3, 0.4) is 0 Å². The molecule has 3 saturated heterocycles. The fourth-order valence-corrected chi connectivity index (χ4v) is 15.8. The van der Waals surface area contributed by atoms with Crippen LogP contribution in [0.5, 0.6) is 11.5 Å². The molecule has 1 amide bonds.